The summed E-state index contributed by atoms with van der Waals surface area (Å²) in [7, 11) is 0. The minimum absolute atomic E-state index is 0.202. The molecule has 0 aromatic rings. The van der Waals surface area contributed by atoms with Crippen molar-refractivity contribution in [1.82, 2.24) is 0 Å². The van der Waals surface area contributed by atoms with Crippen LogP contribution >= 0.6 is 0 Å². The quantitative estimate of drug-likeness (QED) is 0.692. The highest BCUT2D eigenvalue weighted by atomic mass is 14.9. The van der Waals surface area contributed by atoms with E-state index in [0.29, 0.717) is 10.8 Å². The number of hydrogen-bond acceptors (Lipinski definition) is 1. The van der Waals surface area contributed by atoms with Crippen molar-refractivity contribution in [2.75, 3.05) is 0 Å². The van der Waals surface area contributed by atoms with Gasteiger partial charge in [0.15, 0.2) is 0 Å². The first-order valence-electron chi connectivity index (χ1n) is 8.07. The lowest BCUT2D eigenvalue weighted by molar-refractivity contribution is -0.251. The molecule has 5 fully saturated rings. The van der Waals surface area contributed by atoms with E-state index in [1.165, 1.54) is 32.1 Å². The van der Waals surface area contributed by atoms with Crippen molar-refractivity contribution in [2.45, 2.75) is 65.3 Å². The van der Waals surface area contributed by atoms with Crippen LogP contribution in [0, 0.1) is 40.4 Å². The van der Waals surface area contributed by atoms with Crippen LogP contribution in [0.5, 0.6) is 0 Å². The van der Waals surface area contributed by atoms with Crippen LogP contribution < -0.4 is 5.73 Å². The van der Waals surface area contributed by atoms with E-state index in [1.54, 1.807) is 0 Å². The number of nitrogens with two attached hydrogens (primary N) is 1. The molecule has 1 nitrogen and oxygen atoms in total. The van der Waals surface area contributed by atoms with Gasteiger partial charge in [0.25, 0.3) is 0 Å². The van der Waals surface area contributed by atoms with E-state index in [1.807, 2.05) is 0 Å². The predicted molar refractivity (Wildman–Crippen MR) is 75.0 cm³/mol. The maximum atomic E-state index is 6.77. The molecule has 0 aliphatic heterocycles. The Hall–Kier alpha value is -0.0400. The van der Waals surface area contributed by atoms with Gasteiger partial charge in [0.05, 0.1) is 0 Å². The first kappa shape index (κ1) is 11.8. The summed E-state index contributed by atoms with van der Waals surface area (Å²) in [5.74, 6) is 4.64. The molecule has 0 radical (unpaired) electrons. The summed E-state index contributed by atoms with van der Waals surface area (Å²) in [6, 6.07) is 0. The third-order valence-corrected chi connectivity index (χ3v) is 8.10. The lowest BCUT2D eigenvalue weighted by Gasteiger charge is -2.75. The Morgan fingerprint density at radius 3 is 2.28 bits per heavy atom. The Morgan fingerprint density at radius 2 is 1.56 bits per heavy atom. The van der Waals surface area contributed by atoms with E-state index in [4.69, 9.17) is 5.73 Å². The molecule has 0 aromatic heterocycles. The Bertz CT molecular complexity index is 388. The van der Waals surface area contributed by atoms with E-state index in [9.17, 15) is 0 Å². The fourth-order valence-corrected chi connectivity index (χ4v) is 7.51. The molecule has 18 heavy (non-hydrogen) atoms. The summed E-state index contributed by atoms with van der Waals surface area (Å²) in [5, 5.41) is 0. The first-order chi connectivity index (χ1) is 8.29. The van der Waals surface area contributed by atoms with Crippen molar-refractivity contribution in [3.05, 3.63) is 0 Å². The van der Waals surface area contributed by atoms with Crippen LogP contribution in [0.15, 0.2) is 0 Å². The molecule has 0 saturated heterocycles. The topological polar surface area (TPSA) is 26.0 Å². The van der Waals surface area contributed by atoms with Gasteiger partial charge in [0.1, 0.15) is 0 Å². The van der Waals surface area contributed by atoms with Gasteiger partial charge in [-0.15, -0.1) is 0 Å². The highest BCUT2D eigenvalue weighted by Crippen LogP contribution is 2.75. The van der Waals surface area contributed by atoms with Crippen LogP contribution in [0.1, 0.15) is 59.8 Å². The predicted octanol–water partition coefficient (Wildman–Crippen LogP) is 3.82. The molecule has 1 heteroatoms. The maximum Gasteiger partial charge on any atom is 0.0165 e. The van der Waals surface area contributed by atoms with Crippen molar-refractivity contribution in [2.24, 2.45) is 46.2 Å². The zero-order valence-corrected chi connectivity index (χ0v) is 12.5. The first-order valence-corrected chi connectivity index (χ1v) is 8.07. The molecule has 0 heterocycles. The van der Waals surface area contributed by atoms with E-state index in [0.717, 1.165) is 29.6 Å². The van der Waals surface area contributed by atoms with Crippen molar-refractivity contribution in [3.63, 3.8) is 0 Å². The Labute approximate surface area is 112 Å². The van der Waals surface area contributed by atoms with Crippen LogP contribution in [0.3, 0.4) is 0 Å². The molecular weight excluding hydrogens is 218 g/mol. The van der Waals surface area contributed by atoms with Crippen LogP contribution in [0.4, 0.5) is 0 Å². The number of hydrogen-bond donors (Lipinski definition) is 1. The van der Waals surface area contributed by atoms with Gasteiger partial charge in [0, 0.05) is 5.54 Å². The number of rotatable bonds is 0. The maximum absolute atomic E-state index is 6.77. The summed E-state index contributed by atoms with van der Waals surface area (Å²) in [6.07, 6.45) is 6.90. The normalized spacial score (nSPS) is 69.5. The van der Waals surface area contributed by atoms with E-state index < -0.39 is 0 Å². The average molecular weight is 247 g/mol. The summed E-state index contributed by atoms with van der Waals surface area (Å²) < 4.78 is 0. The third kappa shape index (κ3) is 1.10. The van der Waals surface area contributed by atoms with Gasteiger partial charge in [0.2, 0.25) is 0 Å². The standard InChI is InChI=1S/C17H29N/c1-10-5-12-14-8-17(18)7-13(15(14,3)6-10)11(2)16(12,4)9-17/h10-14H,5-9,18H2,1-4H3. The molecule has 8 atom stereocenters. The van der Waals surface area contributed by atoms with Crippen LogP contribution in [-0.2, 0) is 0 Å². The highest BCUT2D eigenvalue weighted by Gasteiger charge is 2.70. The van der Waals surface area contributed by atoms with E-state index >= 15 is 0 Å². The smallest absolute Gasteiger partial charge is 0.0165 e. The monoisotopic (exact) mass is 247 g/mol. The second-order valence-electron chi connectivity index (χ2n) is 9.11. The lowest BCUT2D eigenvalue weighted by atomic mass is 9.30. The minimum atomic E-state index is 0.202. The van der Waals surface area contributed by atoms with Crippen molar-refractivity contribution in [1.29, 1.82) is 0 Å². The molecule has 102 valence electrons. The van der Waals surface area contributed by atoms with Crippen LogP contribution in [-0.4, -0.2) is 5.54 Å². The summed E-state index contributed by atoms with van der Waals surface area (Å²) in [6.45, 7) is 10.2. The summed E-state index contributed by atoms with van der Waals surface area (Å²) in [4.78, 5) is 0. The van der Waals surface area contributed by atoms with E-state index in [2.05, 4.69) is 27.7 Å². The van der Waals surface area contributed by atoms with Gasteiger partial charge in [-0.3, -0.25) is 0 Å². The van der Waals surface area contributed by atoms with Crippen LogP contribution in [0.2, 0.25) is 0 Å². The van der Waals surface area contributed by atoms with Gasteiger partial charge in [-0.05, 0) is 72.5 Å². The van der Waals surface area contributed by atoms with Crippen LogP contribution in [0.25, 0.3) is 0 Å². The molecule has 0 aromatic carbocycles. The minimum Gasteiger partial charge on any atom is -0.325 e. The second kappa shape index (κ2) is 3.00. The van der Waals surface area contributed by atoms with Gasteiger partial charge in [-0.25, -0.2) is 0 Å². The summed E-state index contributed by atoms with van der Waals surface area (Å²) in [5.41, 5.74) is 8.13. The van der Waals surface area contributed by atoms with Crippen molar-refractivity contribution >= 4 is 0 Å². The molecule has 0 amide bonds. The largest absolute Gasteiger partial charge is 0.325 e. The molecule has 0 spiro atoms. The van der Waals surface area contributed by atoms with Crippen molar-refractivity contribution < 1.29 is 0 Å². The Balaban J connectivity index is 1.88. The van der Waals surface area contributed by atoms with Crippen molar-refractivity contribution in [3.8, 4) is 0 Å². The molecule has 2 N–H and O–H groups in total. The fourth-order valence-electron chi connectivity index (χ4n) is 7.51. The second-order valence-corrected chi connectivity index (χ2v) is 9.11. The summed E-state index contributed by atoms with van der Waals surface area (Å²) >= 11 is 0. The molecular formula is C17H29N. The molecule has 5 aliphatic rings. The molecule has 5 aliphatic carbocycles. The van der Waals surface area contributed by atoms with Gasteiger partial charge in [-0.1, -0.05) is 27.7 Å². The zero-order chi connectivity index (χ0) is 12.9. The molecule has 5 saturated carbocycles. The van der Waals surface area contributed by atoms with Gasteiger partial charge in [-0.2, -0.15) is 0 Å². The molecule has 5 rings (SSSR count). The lowest BCUT2D eigenvalue weighted by Crippen LogP contribution is -2.73. The molecule has 8 unspecified atom stereocenters. The Kier molecular flexibility index (Phi) is 1.96. The fraction of sp³-hybridized carbons (Fsp3) is 1.00. The van der Waals surface area contributed by atoms with Gasteiger partial charge >= 0.3 is 0 Å². The average Bonchev–Trinajstić information content (AvgIpc) is 2.25. The third-order valence-electron chi connectivity index (χ3n) is 8.10. The SMILES string of the molecule is CC1CC2C3CC4(N)CC(C(C)C2(C)C4)C3(C)C1. The molecule has 6 bridgehead atoms. The zero-order valence-electron chi connectivity index (χ0n) is 12.5. The van der Waals surface area contributed by atoms with E-state index in [-0.39, 0.29) is 5.54 Å². The Morgan fingerprint density at radius 1 is 0.889 bits per heavy atom. The van der Waals surface area contributed by atoms with Gasteiger partial charge < -0.3 is 5.73 Å². The highest BCUT2D eigenvalue weighted by molar-refractivity contribution is 5.21.